The molecule has 1 aliphatic rings. The fraction of sp³-hybridized carbons (Fsp3) is 0.409. The van der Waals surface area contributed by atoms with Gasteiger partial charge in [0, 0.05) is 6.42 Å². The van der Waals surface area contributed by atoms with E-state index in [1.807, 2.05) is 24.3 Å². The second kappa shape index (κ2) is 7.73. The summed E-state index contributed by atoms with van der Waals surface area (Å²) in [6.45, 7) is 2.11. The first-order valence-electron chi connectivity index (χ1n) is 9.12. The molecule has 1 amide bonds. The van der Waals surface area contributed by atoms with Crippen LogP contribution in [0.5, 0.6) is 5.75 Å². The number of methoxy groups -OCH3 is 1. The lowest BCUT2D eigenvalue weighted by Crippen LogP contribution is -2.43. The minimum Gasteiger partial charge on any atom is -0.497 e. The molecule has 1 fully saturated rings. The van der Waals surface area contributed by atoms with Gasteiger partial charge in [0.15, 0.2) is 0 Å². The zero-order chi connectivity index (χ0) is 17.7. The van der Waals surface area contributed by atoms with E-state index in [0.717, 1.165) is 30.6 Å². The van der Waals surface area contributed by atoms with Gasteiger partial charge in [0.25, 0.3) is 0 Å². The molecule has 0 aliphatic heterocycles. The van der Waals surface area contributed by atoms with E-state index >= 15 is 0 Å². The molecule has 0 heterocycles. The van der Waals surface area contributed by atoms with Crippen molar-refractivity contribution in [3.05, 3.63) is 65.2 Å². The molecule has 0 radical (unpaired) electrons. The van der Waals surface area contributed by atoms with Gasteiger partial charge in [-0.3, -0.25) is 4.79 Å². The average Bonchev–Trinajstić information content (AvgIpc) is 3.10. The van der Waals surface area contributed by atoms with Crippen LogP contribution < -0.4 is 10.1 Å². The smallest absolute Gasteiger partial charge is 0.221 e. The first-order chi connectivity index (χ1) is 12.1. The Morgan fingerprint density at radius 3 is 2.60 bits per heavy atom. The fourth-order valence-corrected chi connectivity index (χ4v) is 3.82. The standard InChI is InChI=1S/C22H27NO2/c1-17-7-5-9-19(15-17)22(13-3-4-14-22)23-21(24)12-11-18-8-6-10-20(16-18)25-2/h5-10,15-16H,3-4,11-14H2,1-2H3,(H,23,24). The number of benzene rings is 2. The van der Waals surface area contributed by atoms with Gasteiger partial charge in [-0.15, -0.1) is 0 Å². The average molecular weight is 337 g/mol. The summed E-state index contributed by atoms with van der Waals surface area (Å²) in [7, 11) is 1.66. The van der Waals surface area contributed by atoms with Gasteiger partial charge in [-0.05, 0) is 49.4 Å². The van der Waals surface area contributed by atoms with Crippen LogP contribution in [0.1, 0.15) is 48.8 Å². The van der Waals surface area contributed by atoms with Crippen LogP contribution in [0.4, 0.5) is 0 Å². The number of amides is 1. The molecule has 132 valence electrons. The maximum atomic E-state index is 12.6. The molecule has 1 N–H and O–H groups in total. The van der Waals surface area contributed by atoms with Crippen molar-refractivity contribution in [1.82, 2.24) is 5.32 Å². The molecule has 0 saturated heterocycles. The van der Waals surface area contributed by atoms with Crippen molar-refractivity contribution in [1.29, 1.82) is 0 Å². The Morgan fingerprint density at radius 1 is 1.12 bits per heavy atom. The van der Waals surface area contributed by atoms with E-state index in [9.17, 15) is 4.79 Å². The van der Waals surface area contributed by atoms with Crippen molar-refractivity contribution >= 4 is 5.91 Å². The van der Waals surface area contributed by atoms with Gasteiger partial charge in [-0.1, -0.05) is 54.8 Å². The zero-order valence-electron chi connectivity index (χ0n) is 15.2. The molecule has 0 spiro atoms. The largest absolute Gasteiger partial charge is 0.497 e. The number of hydrogen-bond donors (Lipinski definition) is 1. The monoisotopic (exact) mass is 337 g/mol. The van der Waals surface area contributed by atoms with Crippen LogP contribution in [-0.2, 0) is 16.8 Å². The molecule has 3 rings (SSSR count). The van der Waals surface area contributed by atoms with Gasteiger partial charge >= 0.3 is 0 Å². The number of aryl methyl sites for hydroxylation is 2. The Bertz CT molecular complexity index is 732. The Kier molecular flexibility index (Phi) is 5.42. The third-order valence-electron chi connectivity index (χ3n) is 5.18. The third-order valence-corrected chi connectivity index (χ3v) is 5.18. The van der Waals surface area contributed by atoms with Crippen LogP contribution in [0.3, 0.4) is 0 Å². The molecular formula is C22H27NO2. The Hall–Kier alpha value is -2.29. The summed E-state index contributed by atoms with van der Waals surface area (Å²) in [5, 5.41) is 3.36. The van der Waals surface area contributed by atoms with Gasteiger partial charge in [0.1, 0.15) is 5.75 Å². The van der Waals surface area contributed by atoms with E-state index in [1.54, 1.807) is 7.11 Å². The molecule has 0 aromatic heterocycles. The summed E-state index contributed by atoms with van der Waals surface area (Å²) in [5.74, 6) is 0.969. The number of ether oxygens (including phenoxy) is 1. The minimum absolute atomic E-state index is 0.131. The van der Waals surface area contributed by atoms with E-state index < -0.39 is 0 Å². The predicted octanol–water partition coefficient (Wildman–Crippen LogP) is 4.52. The van der Waals surface area contributed by atoms with Gasteiger partial charge < -0.3 is 10.1 Å². The number of hydrogen-bond acceptors (Lipinski definition) is 2. The van der Waals surface area contributed by atoms with Crippen LogP contribution in [0.15, 0.2) is 48.5 Å². The maximum Gasteiger partial charge on any atom is 0.221 e. The molecule has 1 aliphatic carbocycles. The lowest BCUT2D eigenvalue weighted by Gasteiger charge is -2.31. The lowest BCUT2D eigenvalue weighted by molar-refractivity contribution is -0.123. The first-order valence-corrected chi connectivity index (χ1v) is 9.12. The van der Waals surface area contributed by atoms with Gasteiger partial charge in [0.2, 0.25) is 5.91 Å². The summed E-state index contributed by atoms with van der Waals surface area (Å²) in [4.78, 5) is 12.6. The van der Waals surface area contributed by atoms with Crippen LogP contribution in [0.2, 0.25) is 0 Å². The number of carbonyl (C=O) groups excluding carboxylic acids is 1. The van der Waals surface area contributed by atoms with E-state index in [1.165, 1.54) is 24.0 Å². The highest BCUT2D eigenvalue weighted by molar-refractivity contribution is 5.77. The molecular weight excluding hydrogens is 310 g/mol. The van der Waals surface area contributed by atoms with Crippen molar-refractivity contribution in [2.75, 3.05) is 7.11 Å². The Balaban J connectivity index is 1.67. The van der Waals surface area contributed by atoms with E-state index in [2.05, 4.69) is 36.5 Å². The zero-order valence-corrected chi connectivity index (χ0v) is 15.2. The Morgan fingerprint density at radius 2 is 1.88 bits per heavy atom. The van der Waals surface area contributed by atoms with Crippen LogP contribution in [-0.4, -0.2) is 13.0 Å². The Labute approximate surface area is 150 Å². The number of nitrogens with one attached hydrogen (secondary N) is 1. The molecule has 0 atom stereocenters. The number of carbonyl (C=O) groups is 1. The summed E-state index contributed by atoms with van der Waals surface area (Å²) in [6, 6.07) is 16.5. The van der Waals surface area contributed by atoms with Crippen molar-refractivity contribution in [3.8, 4) is 5.75 Å². The lowest BCUT2D eigenvalue weighted by atomic mass is 9.87. The normalized spacial score (nSPS) is 15.8. The van der Waals surface area contributed by atoms with Crippen molar-refractivity contribution in [2.45, 2.75) is 51.0 Å². The summed E-state index contributed by atoms with van der Waals surface area (Å²) in [6.07, 6.45) is 5.63. The van der Waals surface area contributed by atoms with Gasteiger partial charge in [0.05, 0.1) is 12.6 Å². The first kappa shape index (κ1) is 17.5. The number of rotatable bonds is 6. The summed E-state index contributed by atoms with van der Waals surface area (Å²) in [5.41, 5.74) is 3.44. The van der Waals surface area contributed by atoms with E-state index in [0.29, 0.717) is 6.42 Å². The SMILES string of the molecule is COc1cccc(CCC(=O)NC2(c3cccc(C)c3)CCCC2)c1. The third kappa shape index (κ3) is 4.22. The fourth-order valence-electron chi connectivity index (χ4n) is 3.82. The van der Waals surface area contributed by atoms with Crippen molar-refractivity contribution < 1.29 is 9.53 Å². The highest BCUT2D eigenvalue weighted by Gasteiger charge is 2.36. The summed E-state index contributed by atoms with van der Waals surface area (Å²) < 4.78 is 5.25. The molecule has 2 aromatic carbocycles. The van der Waals surface area contributed by atoms with E-state index in [-0.39, 0.29) is 11.4 Å². The van der Waals surface area contributed by atoms with Crippen molar-refractivity contribution in [2.24, 2.45) is 0 Å². The van der Waals surface area contributed by atoms with Gasteiger partial charge in [-0.2, -0.15) is 0 Å². The second-order valence-electron chi connectivity index (χ2n) is 7.06. The second-order valence-corrected chi connectivity index (χ2v) is 7.06. The molecule has 3 heteroatoms. The maximum absolute atomic E-state index is 12.6. The minimum atomic E-state index is -0.183. The van der Waals surface area contributed by atoms with Crippen LogP contribution >= 0.6 is 0 Å². The molecule has 0 bridgehead atoms. The molecule has 25 heavy (non-hydrogen) atoms. The molecule has 2 aromatic rings. The van der Waals surface area contributed by atoms with E-state index in [4.69, 9.17) is 4.74 Å². The van der Waals surface area contributed by atoms with Crippen molar-refractivity contribution in [3.63, 3.8) is 0 Å². The summed E-state index contributed by atoms with van der Waals surface area (Å²) >= 11 is 0. The molecule has 0 unspecified atom stereocenters. The topological polar surface area (TPSA) is 38.3 Å². The molecule has 1 saturated carbocycles. The highest BCUT2D eigenvalue weighted by atomic mass is 16.5. The van der Waals surface area contributed by atoms with Gasteiger partial charge in [-0.25, -0.2) is 0 Å². The predicted molar refractivity (Wildman–Crippen MR) is 101 cm³/mol. The molecule has 3 nitrogen and oxygen atoms in total. The highest BCUT2D eigenvalue weighted by Crippen LogP contribution is 2.39. The quantitative estimate of drug-likeness (QED) is 0.841. The van der Waals surface area contributed by atoms with Crippen LogP contribution in [0, 0.1) is 6.92 Å². The van der Waals surface area contributed by atoms with Crippen LogP contribution in [0.25, 0.3) is 0 Å².